The molecule has 0 aliphatic carbocycles. The van der Waals surface area contributed by atoms with Crippen LogP contribution in [0.15, 0.2) is 48.5 Å². The molecule has 0 saturated carbocycles. The number of piperidine rings is 1. The standard InChI is InChI=1S/C35H48IN3O5/c1-2-3-4-5-6-7-8-9-10-11-22-37-32(40)29-14-12-27(13-15-29)25-39(34(42)35(43)44)26-28-20-23-38(24-21-28)33(41)30-16-18-31(36)19-17-30/h12-19,28H,2-11,20-26H2,1H3,(H,37,40)(H,43,44). The highest BCUT2D eigenvalue weighted by Gasteiger charge is 2.28. The van der Waals surface area contributed by atoms with Gasteiger partial charge in [0.05, 0.1) is 0 Å². The van der Waals surface area contributed by atoms with E-state index in [9.17, 15) is 24.3 Å². The first kappa shape index (κ1) is 35.5. The third-order valence-corrected chi connectivity index (χ3v) is 9.07. The van der Waals surface area contributed by atoms with Gasteiger partial charge in [-0.05, 0) is 89.7 Å². The average molecular weight is 718 g/mol. The lowest BCUT2D eigenvalue weighted by molar-refractivity contribution is -0.156. The van der Waals surface area contributed by atoms with E-state index in [-0.39, 0.29) is 24.3 Å². The number of carboxylic acid groups (broad SMARTS) is 1. The molecule has 0 aromatic heterocycles. The molecule has 2 aromatic carbocycles. The molecule has 2 N–H and O–H groups in total. The summed E-state index contributed by atoms with van der Waals surface area (Å²) < 4.78 is 1.07. The van der Waals surface area contributed by atoms with Crippen molar-refractivity contribution in [3.63, 3.8) is 0 Å². The summed E-state index contributed by atoms with van der Waals surface area (Å²) in [7, 11) is 0. The third kappa shape index (κ3) is 12.2. The minimum Gasteiger partial charge on any atom is -0.474 e. The summed E-state index contributed by atoms with van der Waals surface area (Å²) in [5, 5.41) is 12.4. The average Bonchev–Trinajstić information content (AvgIpc) is 3.03. The molecule has 3 amide bonds. The number of nitrogens with one attached hydrogen (secondary N) is 1. The van der Waals surface area contributed by atoms with E-state index < -0.39 is 11.9 Å². The first-order valence-corrected chi connectivity index (χ1v) is 17.3. The number of likely N-dealkylation sites (tertiary alicyclic amines) is 1. The van der Waals surface area contributed by atoms with Crippen LogP contribution in [0.4, 0.5) is 0 Å². The second kappa shape index (κ2) is 19.4. The minimum atomic E-state index is -1.49. The number of nitrogens with zero attached hydrogens (tertiary/aromatic N) is 2. The Bertz CT molecular complexity index is 1190. The van der Waals surface area contributed by atoms with Crippen molar-refractivity contribution in [1.29, 1.82) is 0 Å². The number of benzene rings is 2. The molecule has 3 rings (SSSR count). The highest BCUT2D eigenvalue weighted by atomic mass is 127. The van der Waals surface area contributed by atoms with Crippen LogP contribution in [0.1, 0.15) is 110 Å². The first-order valence-electron chi connectivity index (χ1n) is 16.2. The number of amides is 3. The SMILES string of the molecule is CCCCCCCCCCCCNC(=O)c1ccc(CN(CC2CCN(C(=O)c3ccc(I)cc3)CC2)C(=O)C(=O)O)cc1. The molecule has 1 heterocycles. The van der Waals surface area contributed by atoms with Gasteiger partial charge in [-0.3, -0.25) is 14.4 Å². The Balaban J connectivity index is 1.41. The highest BCUT2D eigenvalue weighted by Crippen LogP contribution is 2.22. The molecule has 1 fully saturated rings. The molecular formula is C35H48IN3O5. The van der Waals surface area contributed by atoms with Crippen molar-refractivity contribution in [2.24, 2.45) is 5.92 Å². The van der Waals surface area contributed by atoms with E-state index >= 15 is 0 Å². The maximum atomic E-state index is 12.9. The Hall–Kier alpha value is -2.95. The van der Waals surface area contributed by atoms with Crippen LogP contribution in [0, 0.1) is 9.49 Å². The van der Waals surface area contributed by atoms with Gasteiger partial charge < -0.3 is 20.2 Å². The summed E-state index contributed by atoms with van der Waals surface area (Å²) in [6, 6.07) is 14.5. The van der Waals surface area contributed by atoms with Gasteiger partial charge in [-0.1, -0.05) is 76.8 Å². The summed E-state index contributed by atoms with van der Waals surface area (Å²) in [5.74, 6) is -2.47. The smallest absolute Gasteiger partial charge is 0.394 e. The van der Waals surface area contributed by atoms with Crippen LogP contribution in [-0.2, 0) is 16.1 Å². The molecule has 240 valence electrons. The fourth-order valence-electron chi connectivity index (χ4n) is 5.66. The van der Waals surface area contributed by atoms with Crippen LogP contribution in [0.25, 0.3) is 0 Å². The molecule has 2 aromatic rings. The number of halogens is 1. The number of unbranched alkanes of at least 4 members (excludes halogenated alkanes) is 9. The summed E-state index contributed by atoms with van der Waals surface area (Å²) in [4.78, 5) is 52.8. The third-order valence-electron chi connectivity index (χ3n) is 8.35. The molecule has 9 heteroatoms. The number of aliphatic carboxylic acids is 1. The van der Waals surface area contributed by atoms with Crippen molar-refractivity contribution in [2.75, 3.05) is 26.2 Å². The predicted molar refractivity (Wildman–Crippen MR) is 181 cm³/mol. The van der Waals surface area contributed by atoms with Crippen LogP contribution < -0.4 is 5.32 Å². The van der Waals surface area contributed by atoms with E-state index in [1.165, 1.54) is 56.3 Å². The molecule has 1 aliphatic rings. The van der Waals surface area contributed by atoms with Crippen molar-refractivity contribution in [2.45, 2.75) is 90.5 Å². The lowest BCUT2D eigenvalue weighted by Crippen LogP contribution is -2.44. The number of carbonyl (C=O) groups is 4. The van der Waals surface area contributed by atoms with Gasteiger partial charge in [-0.15, -0.1) is 0 Å². The van der Waals surface area contributed by atoms with E-state index in [1.807, 2.05) is 29.2 Å². The Morgan fingerprint density at radius 2 is 1.36 bits per heavy atom. The Morgan fingerprint density at radius 3 is 1.93 bits per heavy atom. The van der Waals surface area contributed by atoms with Gasteiger partial charge in [0.25, 0.3) is 11.8 Å². The number of hydrogen-bond acceptors (Lipinski definition) is 4. The zero-order chi connectivity index (χ0) is 31.7. The second-order valence-corrected chi connectivity index (χ2v) is 13.1. The van der Waals surface area contributed by atoms with E-state index in [4.69, 9.17) is 0 Å². The molecule has 8 nitrogen and oxygen atoms in total. The zero-order valence-electron chi connectivity index (χ0n) is 26.1. The van der Waals surface area contributed by atoms with Gasteiger partial charge in [0.15, 0.2) is 0 Å². The Labute approximate surface area is 276 Å². The quantitative estimate of drug-likeness (QED) is 0.105. The second-order valence-electron chi connectivity index (χ2n) is 11.9. The number of carbonyl (C=O) groups excluding carboxylic acids is 3. The van der Waals surface area contributed by atoms with E-state index in [2.05, 4.69) is 34.8 Å². The summed E-state index contributed by atoms with van der Waals surface area (Å²) in [5.41, 5.74) is 1.96. The van der Waals surface area contributed by atoms with Gasteiger partial charge in [0.1, 0.15) is 0 Å². The van der Waals surface area contributed by atoms with Crippen LogP contribution in [0.3, 0.4) is 0 Å². The molecule has 44 heavy (non-hydrogen) atoms. The lowest BCUT2D eigenvalue weighted by Gasteiger charge is -2.34. The predicted octanol–water partition coefficient (Wildman–Crippen LogP) is 6.91. The van der Waals surface area contributed by atoms with Gasteiger partial charge in [-0.2, -0.15) is 0 Å². The van der Waals surface area contributed by atoms with Crippen molar-refractivity contribution >= 4 is 46.3 Å². The largest absolute Gasteiger partial charge is 0.474 e. The fourth-order valence-corrected chi connectivity index (χ4v) is 6.02. The van der Waals surface area contributed by atoms with Gasteiger partial charge in [0, 0.05) is 47.4 Å². The monoisotopic (exact) mass is 717 g/mol. The normalized spacial score (nSPS) is 13.5. The molecule has 0 atom stereocenters. The number of hydrogen-bond donors (Lipinski definition) is 2. The molecule has 1 saturated heterocycles. The summed E-state index contributed by atoms with van der Waals surface area (Å²) in [6.07, 6.45) is 13.9. The maximum Gasteiger partial charge on any atom is 0.394 e. The Morgan fingerprint density at radius 1 is 0.818 bits per heavy atom. The molecule has 0 unspecified atom stereocenters. The van der Waals surface area contributed by atoms with E-state index in [0.29, 0.717) is 50.1 Å². The molecular weight excluding hydrogens is 669 g/mol. The summed E-state index contributed by atoms with van der Waals surface area (Å²) in [6.45, 7) is 4.46. The summed E-state index contributed by atoms with van der Waals surface area (Å²) >= 11 is 2.21. The molecule has 0 spiro atoms. The zero-order valence-corrected chi connectivity index (χ0v) is 28.2. The van der Waals surface area contributed by atoms with Gasteiger partial charge in [0.2, 0.25) is 0 Å². The van der Waals surface area contributed by atoms with E-state index in [0.717, 1.165) is 22.0 Å². The number of rotatable bonds is 17. The maximum absolute atomic E-state index is 12.9. The van der Waals surface area contributed by atoms with Crippen molar-refractivity contribution in [3.05, 3.63) is 68.8 Å². The Kier molecular flexibility index (Phi) is 15.7. The first-order chi connectivity index (χ1) is 21.3. The van der Waals surface area contributed by atoms with Crippen molar-refractivity contribution in [3.8, 4) is 0 Å². The minimum absolute atomic E-state index is 0.00839. The number of carboxylic acids is 1. The van der Waals surface area contributed by atoms with Crippen molar-refractivity contribution < 1.29 is 24.3 Å². The van der Waals surface area contributed by atoms with Gasteiger partial charge in [-0.25, -0.2) is 4.79 Å². The van der Waals surface area contributed by atoms with Crippen LogP contribution in [0.5, 0.6) is 0 Å². The van der Waals surface area contributed by atoms with Crippen LogP contribution in [-0.4, -0.2) is 64.8 Å². The molecule has 0 radical (unpaired) electrons. The molecule has 1 aliphatic heterocycles. The topological polar surface area (TPSA) is 107 Å². The fraction of sp³-hybridized carbons (Fsp3) is 0.543. The van der Waals surface area contributed by atoms with Crippen molar-refractivity contribution in [1.82, 2.24) is 15.1 Å². The van der Waals surface area contributed by atoms with Crippen LogP contribution >= 0.6 is 22.6 Å². The molecule has 0 bridgehead atoms. The van der Waals surface area contributed by atoms with Crippen LogP contribution in [0.2, 0.25) is 0 Å². The lowest BCUT2D eigenvalue weighted by atomic mass is 9.95. The highest BCUT2D eigenvalue weighted by molar-refractivity contribution is 14.1. The van der Waals surface area contributed by atoms with Gasteiger partial charge >= 0.3 is 11.9 Å². The van der Waals surface area contributed by atoms with E-state index in [1.54, 1.807) is 24.3 Å².